The summed E-state index contributed by atoms with van der Waals surface area (Å²) >= 11 is 1.46. The SMILES string of the molecule is CC(=O)c1cc(I)c(C(F)(F)F)c(C=O)c1. The summed E-state index contributed by atoms with van der Waals surface area (Å²) in [5, 5.41) is 0. The summed E-state index contributed by atoms with van der Waals surface area (Å²) in [6.07, 6.45) is -4.49. The smallest absolute Gasteiger partial charge is 0.298 e. The summed E-state index contributed by atoms with van der Waals surface area (Å²) in [6, 6.07) is 2.08. The average Bonchev–Trinajstić information content (AvgIpc) is 2.14. The Labute approximate surface area is 103 Å². The van der Waals surface area contributed by atoms with Gasteiger partial charge >= 0.3 is 6.18 Å². The van der Waals surface area contributed by atoms with Crippen molar-refractivity contribution in [2.45, 2.75) is 13.1 Å². The molecular weight excluding hydrogens is 336 g/mol. The molecule has 0 aliphatic rings. The van der Waals surface area contributed by atoms with Crippen LogP contribution in [0.15, 0.2) is 12.1 Å². The molecule has 0 N–H and O–H groups in total. The molecule has 0 saturated carbocycles. The maximum absolute atomic E-state index is 12.6. The number of alkyl halides is 3. The van der Waals surface area contributed by atoms with Gasteiger partial charge in [-0.05, 0) is 41.6 Å². The van der Waals surface area contributed by atoms with Crippen LogP contribution in [0.25, 0.3) is 0 Å². The van der Waals surface area contributed by atoms with Gasteiger partial charge in [-0.3, -0.25) is 9.59 Å². The van der Waals surface area contributed by atoms with E-state index in [1.54, 1.807) is 0 Å². The Hall–Kier alpha value is -0.920. The van der Waals surface area contributed by atoms with Crippen molar-refractivity contribution in [3.63, 3.8) is 0 Å². The highest BCUT2D eigenvalue weighted by atomic mass is 127. The Morgan fingerprint density at radius 3 is 2.31 bits per heavy atom. The lowest BCUT2D eigenvalue weighted by Gasteiger charge is -2.12. The van der Waals surface area contributed by atoms with Crippen molar-refractivity contribution in [3.8, 4) is 0 Å². The third-order valence-electron chi connectivity index (χ3n) is 1.94. The molecule has 0 spiro atoms. The topological polar surface area (TPSA) is 34.1 Å². The quantitative estimate of drug-likeness (QED) is 0.469. The summed E-state index contributed by atoms with van der Waals surface area (Å²) < 4.78 is 37.6. The van der Waals surface area contributed by atoms with Crippen molar-refractivity contribution < 1.29 is 22.8 Å². The van der Waals surface area contributed by atoms with Gasteiger partial charge in [-0.25, -0.2) is 0 Å². The lowest BCUT2D eigenvalue weighted by molar-refractivity contribution is -0.138. The zero-order valence-electron chi connectivity index (χ0n) is 8.06. The zero-order chi connectivity index (χ0) is 12.5. The van der Waals surface area contributed by atoms with Crippen molar-refractivity contribution in [2.24, 2.45) is 0 Å². The molecule has 0 saturated heterocycles. The number of carbonyl (C=O) groups excluding carboxylic acids is 2. The number of halogens is 4. The summed E-state index contributed by atoms with van der Waals surface area (Å²) in [7, 11) is 0. The number of Topliss-reactive ketones (excluding diaryl/α,β-unsaturated/α-hetero) is 1. The Kier molecular flexibility index (Phi) is 3.72. The first-order valence-corrected chi connectivity index (χ1v) is 5.22. The normalized spacial score (nSPS) is 11.3. The van der Waals surface area contributed by atoms with Crippen LogP contribution in [0.1, 0.15) is 33.2 Å². The van der Waals surface area contributed by atoms with Crippen LogP contribution in [0.3, 0.4) is 0 Å². The van der Waals surface area contributed by atoms with Gasteiger partial charge in [0.05, 0.1) is 5.56 Å². The molecule has 86 valence electrons. The lowest BCUT2D eigenvalue weighted by atomic mass is 10.0. The minimum Gasteiger partial charge on any atom is -0.298 e. The van der Waals surface area contributed by atoms with Crippen molar-refractivity contribution in [1.29, 1.82) is 0 Å². The Morgan fingerprint density at radius 2 is 1.94 bits per heavy atom. The largest absolute Gasteiger partial charge is 0.418 e. The molecule has 6 heteroatoms. The van der Waals surface area contributed by atoms with E-state index < -0.39 is 17.3 Å². The summed E-state index contributed by atoms with van der Waals surface area (Å²) in [6.45, 7) is 1.23. The highest BCUT2D eigenvalue weighted by Gasteiger charge is 2.36. The molecule has 0 radical (unpaired) electrons. The fourth-order valence-electron chi connectivity index (χ4n) is 1.22. The highest BCUT2D eigenvalue weighted by molar-refractivity contribution is 14.1. The van der Waals surface area contributed by atoms with Crippen molar-refractivity contribution in [2.75, 3.05) is 0 Å². The summed E-state index contributed by atoms with van der Waals surface area (Å²) in [4.78, 5) is 21.6. The molecule has 0 heterocycles. The molecule has 0 amide bonds. The van der Waals surface area contributed by atoms with Gasteiger partial charge in [0.1, 0.15) is 0 Å². The molecular formula is C10H6F3IO2. The van der Waals surface area contributed by atoms with Crippen LogP contribution < -0.4 is 0 Å². The molecule has 16 heavy (non-hydrogen) atoms. The molecule has 0 aromatic heterocycles. The number of carbonyl (C=O) groups is 2. The van der Waals surface area contributed by atoms with Gasteiger partial charge in [-0.2, -0.15) is 13.2 Å². The summed E-state index contributed by atoms with van der Waals surface area (Å²) in [5.41, 5.74) is -1.41. The molecule has 0 fully saturated rings. The second-order valence-electron chi connectivity index (χ2n) is 3.09. The van der Waals surface area contributed by atoms with Crippen molar-refractivity contribution in [3.05, 3.63) is 32.4 Å². The van der Waals surface area contributed by atoms with Gasteiger partial charge < -0.3 is 0 Å². The molecule has 0 aliphatic heterocycles. The Morgan fingerprint density at radius 1 is 1.38 bits per heavy atom. The standard InChI is InChI=1S/C10H6F3IO2/c1-5(16)6-2-7(4-15)9(8(14)3-6)10(11,12)13/h2-4H,1H3. The fourth-order valence-corrected chi connectivity index (χ4v) is 2.18. The van der Waals surface area contributed by atoms with Crippen LogP contribution in [0.4, 0.5) is 13.2 Å². The lowest BCUT2D eigenvalue weighted by Crippen LogP contribution is -2.13. The molecule has 0 atom stereocenters. The highest BCUT2D eigenvalue weighted by Crippen LogP contribution is 2.35. The number of benzene rings is 1. The Bertz CT molecular complexity index is 452. The number of aldehydes is 1. The predicted molar refractivity (Wildman–Crippen MR) is 59.6 cm³/mol. The molecule has 0 unspecified atom stereocenters. The first-order valence-electron chi connectivity index (χ1n) is 4.14. The van der Waals surface area contributed by atoms with Gasteiger partial charge in [-0.1, -0.05) is 0 Å². The molecule has 1 aromatic carbocycles. The first-order chi connectivity index (χ1) is 7.27. The minimum atomic E-state index is -4.60. The average molecular weight is 342 g/mol. The second kappa shape index (κ2) is 4.52. The minimum absolute atomic E-state index is 0.0968. The number of hydrogen-bond donors (Lipinski definition) is 0. The maximum atomic E-state index is 12.6. The molecule has 2 nitrogen and oxygen atoms in total. The zero-order valence-corrected chi connectivity index (χ0v) is 10.2. The molecule has 1 rings (SSSR count). The van der Waals surface area contributed by atoms with Gasteiger partial charge in [0.25, 0.3) is 0 Å². The van der Waals surface area contributed by atoms with E-state index in [0.29, 0.717) is 0 Å². The van der Waals surface area contributed by atoms with Gasteiger partial charge in [0.2, 0.25) is 0 Å². The van der Waals surface area contributed by atoms with E-state index in [1.807, 2.05) is 0 Å². The fraction of sp³-hybridized carbons (Fsp3) is 0.200. The van der Waals surface area contributed by atoms with E-state index in [2.05, 4.69) is 0 Å². The van der Waals surface area contributed by atoms with Crippen molar-refractivity contribution in [1.82, 2.24) is 0 Å². The van der Waals surface area contributed by atoms with Crippen LogP contribution in [-0.4, -0.2) is 12.1 Å². The van der Waals surface area contributed by atoms with E-state index >= 15 is 0 Å². The first kappa shape index (κ1) is 13.1. The van der Waals surface area contributed by atoms with E-state index in [1.165, 1.54) is 29.5 Å². The third-order valence-corrected chi connectivity index (χ3v) is 2.79. The van der Waals surface area contributed by atoms with E-state index in [4.69, 9.17) is 0 Å². The number of rotatable bonds is 2. The molecule has 1 aromatic rings. The van der Waals surface area contributed by atoms with Crippen LogP contribution >= 0.6 is 22.6 Å². The third kappa shape index (κ3) is 2.60. The monoisotopic (exact) mass is 342 g/mol. The summed E-state index contributed by atoms with van der Waals surface area (Å²) in [5.74, 6) is -0.380. The van der Waals surface area contributed by atoms with Crippen LogP contribution in [-0.2, 0) is 6.18 Å². The van der Waals surface area contributed by atoms with Gasteiger partial charge in [0.15, 0.2) is 12.1 Å². The van der Waals surface area contributed by atoms with Crippen LogP contribution in [0.5, 0.6) is 0 Å². The van der Waals surface area contributed by atoms with Crippen molar-refractivity contribution >= 4 is 34.7 Å². The predicted octanol–water partition coefficient (Wildman–Crippen LogP) is 3.33. The molecule has 0 aliphatic carbocycles. The number of ketones is 1. The maximum Gasteiger partial charge on any atom is 0.418 e. The second-order valence-corrected chi connectivity index (χ2v) is 4.26. The van der Waals surface area contributed by atoms with Gasteiger partial charge in [-0.15, -0.1) is 0 Å². The van der Waals surface area contributed by atoms with E-state index in [-0.39, 0.29) is 21.2 Å². The molecule has 0 bridgehead atoms. The van der Waals surface area contributed by atoms with E-state index in [9.17, 15) is 22.8 Å². The van der Waals surface area contributed by atoms with E-state index in [0.717, 1.165) is 12.1 Å². The van der Waals surface area contributed by atoms with Crippen LogP contribution in [0, 0.1) is 3.57 Å². The number of hydrogen-bond acceptors (Lipinski definition) is 2. The van der Waals surface area contributed by atoms with Crippen LogP contribution in [0.2, 0.25) is 0 Å². The Balaban J connectivity index is 3.53. The van der Waals surface area contributed by atoms with Gasteiger partial charge in [0, 0.05) is 14.7 Å².